The second-order valence-electron chi connectivity index (χ2n) is 11.8. The number of carbonyl (C=O) groups excluding carboxylic acids is 2. The molecule has 2 aromatic heterocycles. The molecule has 3 aromatic carbocycles. The molecule has 0 saturated carbocycles. The summed E-state index contributed by atoms with van der Waals surface area (Å²) in [4.78, 5) is 27.1. The molecule has 1 amide bonds. The van der Waals surface area contributed by atoms with Crippen LogP contribution in [0.15, 0.2) is 36.4 Å². The fourth-order valence-electron chi connectivity index (χ4n) is 7.71. The van der Waals surface area contributed by atoms with Gasteiger partial charge in [0.15, 0.2) is 5.72 Å². The van der Waals surface area contributed by atoms with E-state index >= 15 is 0 Å². The Labute approximate surface area is 257 Å². The van der Waals surface area contributed by atoms with E-state index in [-0.39, 0.29) is 12.3 Å². The lowest BCUT2D eigenvalue weighted by Crippen LogP contribution is -2.56. The van der Waals surface area contributed by atoms with E-state index in [2.05, 4.69) is 60.1 Å². The number of amides is 1. The predicted molar refractivity (Wildman–Crippen MR) is 173 cm³/mol. The molecule has 43 heavy (non-hydrogen) atoms. The van der Waals surface area contributed by atoms with Crippen molar-refractivity contribution in [1.29, 1.82) is 0 Å². The highest BCUT2D eigenvalue weighted by Crippen LogP contribution is 2.58. The summed E-state index contributed by atoms with van der Waals surface area (Å²) in [6, 6.07) is 12.8. The van der Waals surface area contributed by atoms with Gasteiger partial charge in [0, 0.05) is 46.0 Å². The molecule has 0 spiro atoms. The van der Waals surface area contributed by atoms with Gasteiger partial charge in [-0.05, 0) is 59.4 Å². The number of methoxy groups -OCH3 is 1. The lowest BCUT2D eigenvalue weighted by Gasteiger charge is -2.37. The second kappa shape index (κ2) is 9.41. The van der Waals surface area contributed by atoms with Crippen molar-refractivity contribution in [2.45, 2.75) is 62.8 Å². The van der Waals surface area contributed by atoms with Gasteiger partial charge in [0.25, 0.3) is 5.91 Å². The summed E-state index contributed by atoms with van der Waals surface area (Å²) in [6.07, 6.45) is -0.650. The molecule has 10 heteroatoms. The maximum absolute atomic E-state index is 13.7. The second-order valence-corrected chi connectivity index (χ2v) is 14.3. The van der Waals surface area contributed by atoms with Gasteiger partial charge in [-0.25, -0.2) is 4.79 Å². The monoisotopic (exact) mass is 615 g/mol. The van der Waals surface area contributed by atoms with Gasteiger partial charge in [-0.15, -0.1) is 0 Å². The van der Waals surface area contributed by atoms with Crippen molar-refractivity contribution < 1.29 is 24.2 Å². The molecule has 0 radical (unpaired) electrons. The molecule has 2 N–H and O–H groups in total. The van der Waals surface area contributed by atoms with Gasteiger partial charge in [-0.1, -0.05) is 26.0 Å². The van der Waals surface area contributed by atoms with Gasteiger partial charge in [-0.3, -0.25) is 4.79 Å². The van der Waals surface area contributed by atoms with Crippen molar-refractivity contribution >= 4 is 79.0 Å². The Morgan fingerprint density at radius 2 is 1.70 bits per heavy atom. The molecular formula is C33H33N3O5S2. The number of thioether (sulfide) groups is 2. The average molecular weight is 616 g/mol. The van der Waals surface area contributed by atoms with Crippen molar-refractivity contribution in [3.05, 3.63) is 58.7 Å². The van der Waals surface area contributed by atoms with Crippen LogP contribution >= 0.6 is 23.5 Å². The SMILES string of the molecule is CCSCc1ccc2c(c1)c1c3c(c4c5cc(CSCC)ccc5n5c4c1n2[C@H]1C[C@](O)(C(=O)OC)[C@@]5(C)O1)CNC3=O. The molecule has 8 nitrogen and oxygen atoms in total. The topological polar surface area (TPSA) is 94.7 Å². The van der Waals surface area contributed by atoms with Gasteiger partial charge >= 0.3 is 5.97 Å². The van der Waals surface area contributed by atoms with Crippen LogP contribution in [-0.2, 0) is 38.0 Å². The highest BCUT2D eigenvalue weighted by Gasteiger charge is 2.65. The number of hydrogen-bond donors (Lipinski definition) is 2. The van der Waals surface area contributed by atoms with E-state index < -0.39 is 23.5 Å². The van der Waals surface area contributed by atoms with Crippen LogP contribution in [0, 0.1) is 0 Å². The van der Waals surface area contributed by atoms with Gasteiger partial charge in [0.1, 0.15) is 6.23 Å². The van der Waals surface area contributed by atoms with Crippen LogP contribution in [0.25, 0.3) is 43.6 Å². The van der Waals surface area contributed by atoms with E-state index in [1.807, 2.05) is 28.1 Å². The zero-order chi connectivity index (χ0) is 29.8. The van der Waals surface area contributed by atoms with Crippen LogP contribution in [0.4, 0.5) is 0 Å². The van der Waals surface area contributed by atoms with Gasteiger partial charge in [-0.2, -0.15) is 23.5 Å². The summed E-state index contributed by atoms with van der Waals surface area (Å²) < 4.78 is 16.2. The van der Waals surface area contributed by atoms with Crippen molar-refractivity contribution in [2.24, 2.45) is 0 Å². The van der Waals surface area contributed by atoms with Crippen molar-refractivity contribution in [3.8, 4) is 0 Å². The summed E-state index contributed by atoms with van der Waals surface area (Å²) >= 11 is 3.71. The van der Waals surface area contributed by atoms with Crippen molar-refractivity contribution in [2.75, 3.05) is 18.6 Å². The number of nitrogens with zero attached hydrogens (tertiary/aromatic N) is 2. The number of fused-ring (bicyclic) bond motifs is 13. The first-order chi connectivity index (χ1) is 20.8. The third kappa shape index (κ3) is 3.38. The van der Waals surface area contributed by atoms with Gasteiger partial charge in [0.2, 0.25) is 5.60 Å². The maximum atomic E-state index is 13.7. The quantitative estimate of drug-likeness (QED) is 0.212. The molecule has 0 aliphatic carbocycles. The number of benzene rings is 3. The molecule has 222 valence electrons. The lowest BCUT2D eigenvalue weighted by atomic mass is 9.88. The van der Waals surface area contributed by atoms with E-state index in [1.165, 1.54) is 18.2 Å². The highest BCUT2D eigenvalue weighted by molar-refractivity contribution is 7.98. The van der Waals surface area contributed by atoms with Crippen LogP contribution in [0.5, 0.6) is 0 Å². The Morgan fingerprint density at radius 3 is 2.35 bits per heavy atom. The minimum Gasteiger partial charge on any atom is -0.467 e. The fourth-order valence-corrected chi connectivity index (χ4v) is 8.95. The van der Waals surface area contributed by atoms with Crippen molar-refractivity contribution in [1.82, 2.24) is 14.5 Å². The molecule has 1 fully saturated rings. The molecule has 2 bridgehead atoms. The average Bonchev–Trinajstić information content (AvgIpc) is 3.70. The smallest absolute Gasteiger partial charge is 0.343 e. The Balaban J connectivity index is 1.60. The fraction of sp³-hybridized carbons (Fsp3) is 0.394. The Kier molecular flexibility index (Phi) is 5.99. The third-order valence-corrected chi connectivity index (χ3v) is 11.5. The molecule has 3 atom stereocenters. The highest BCUT2D eigenvalue weighted by atomic mass is 32.2. The molecule has 3 aliphatic heterocycles. The van der Waals surface area contributed by atoms with Crippen molar-refractivity contribution in [3.63, 3.8) is 0 Å². The summed E-state index contributed by atoms with van der Waals surface area (Å²) in [5, 5.41) is 19.2. The largest absolute Gasteiger partial charge is 0.467 e. The first-order valence-electron chi connectivity index (χ1n) is 14.8. The van der Waals surface area contributed by atoms with Crippen LogP contribution in [-0.4, -0.2) is 50.3 Å². The van der Waals surface area contributed by atoms with E-state index in [0.29, 0.717) is 12.1 Å². The molecular weight excluding hydrogens is 583 g/mol. The summed E-state index contributed by atoms with van der Waals surface area (Å²) in [7, 11) is 1.30. The first kappa shape index (κ1) is 27.4. The van der Waals surface area contributed by atoms with E-state index in [1.54, 1.807) is 6.92 Å². The molecule has 8 rings (SSSR count). The Bertz CT molecular complexity index is 2050. The molecule has 0 unspecified atom stereocenters. The number of nitrogens with one attached hydrogen (secondary N) is 1. The zero-order valence-corrected chi connectivity index (χ0v) is 26.2. The predicted octanol–water partition coefficient (Wildman–Crippen LogP) is 6.16. The minimum absolute atomic E-state index is 0.0115. The first-order valence-corrected chi connectivity index (χ1v) is 17.1. The number of esters is 1. The Morgan fingerprint density at radius 1 is 1.05 bits per heavy atom. The summed E-state index contributed by atoms with van der Waals surface area (Å²) in [6.45, 7) is 6.50. The van der Waals surface area contributed by atoms with E-state index in [0.717, 1.165) is 72.2 Å². The number of ether oxygens (including phenoxy) is 2. The van der Waals surface area contributed by atoms with Crippen LogP contribution in [0.2, 0.25) is 0 Å². The number of aliphatic hydroxyl groups is 1. The molecule has 5 aromatic rings. The molecule has 5 heterocycles. The molecule has 3 aliphatic rings. The Hall–Kier alpha value is -3.18. The number of aromatic nitrogens is 2. The molecule has 1 saturated heterocycles. The van der Waals surface area contributed by atoms with Crippen LogP contribution in [0.1, 0.15) is 60.5 Å². The summed E-state index contributed by atoms with van der Waals surface area (Å²) in [5.41, 5.74) is 4.14. The maximum Gasteiger partial charge on any atom is 0.343 e. The zero-order valence-electron chi connectivity index (χ0n) is 24.6. The summed E-state index contributed by atoms with van der Waals surface area (Å²) in [5.74, 6) is 2.95. The number of carbonyl (C=O) groups is 2. The van der Waals surface area contributed by atoms with E-state index in [9.17, 15) is 14.7 Å². The normalized spacial score (nSPS) is 24.0. The number of hydrogen-bond acceptors (Lipinski definition) is 7. The van der Waals surface area contributed by atoms with Crippen LogP contribution in [0.3, 0.4) is 0 Å². The lowest BCUT2D eigenvalue weighted by molar-refractivity contribution is -0.202. The number of rotatable bonds is 7. The van der Waals surface area contributed by atoms with Gasteiger partial charge < -0.3 is 29.0 Å². The minimum atomic E-state index is -1.95. The third-order valence-electron chi connectivity index (χ3n) is 9.62. The van der Waals surface area contributed by atoms with Gasteiger partial charge in [0.05, 0.1) is 34.7 Å². The van der Waals surface area contributed by atoms with E-state index in [4.69, 9.17) is 9.47 Å². The van der Waals surface area contributed by atoms with Crippen LogP contribution < -0.4 is 5.32 Å². The standard InChI is InChI=1S/C33H33N3O5S2/c1-5-42-15-17-7-9-22-19(11-17)26-27-21(14-34-30(27)37)25-20-12-18(16-43-6-2)8-10-23(20)36-29(25)28(26)35(22)24-13-33(39,31(38)40-4)32(36,3)41-24/h7-12,24,39H,5-6,13-16H2,1-4H3,(H,34,37)/t24-,32-,33+/m1/s1.